The summed E-state index contributed by atoms with van der Waals surface area (Å²) in [5, 5.41) is 16.5. The third-order valence-electron chi connectivity index (χ3n) is 4.48. The number of rotatable bonds is 3. The number of aryl methyl sites for hydroxylation is 1. The summed E-state index contributed by atoms with van der Waals surface area (Å²) in [5.74, 6) is -0.0839. The molecule has 0 unspecified atom stereocenters. The smallest absolute Gasteiger partial charge is 0.258 e. The topological polar surface area (TPSA) is 87.4 Å². The summed E-state index contributed by atoms with van der Waals surface area (Å²) < 4.78 is 6.66. The molecule has 31 heavy (non-hydrogen) atoms. The van der Waals surface area contributed by atoms with Crippen LogP contribution in [0.1, 0.15) is 15.9 Å². The van der Waals surface area contributed by atoms with E-state index in [9.17, 15) is 9.90 Å². The van der Waals surface area contributed by atoms with Crippen LogP contribution in [0.3, 0.4) is 0 Å². The van der Waals surface area contributed by atoms with Crippen molar-refractivity contribution >= 4 is 74.2 Å². The molecular weight excluding hydrogens is 549 g/mol. The maximum atomic E-state index is 12.5. The Bertz CT molecular complexity index is 1310. The average Bonchev–Trinajstić information content (AvgIpc) is 3.16. The lowest BCUT2D eigenvalue weighted by Crippen LogP contribution is -2.34. The number of nitrogens with one attached hydrogen (secondary N) is 2. The van der Waals surface area contributed by atoms with Crippen molar-refractivity contribution in [3.05, 3.63) is 74.3 Å². The van der Waals surface area contributed by atoms with Crippen LogP contribution in [0.4, 0.5) is 5.69 Å². The fourth-order valence-corrected chi connectivity index (χ4v) is 3.91. The fraction of sp³-hybridized carbons (Fsp3) is 0.0455. The lowest BCUT2D eigenvalue weighted by atomic mass is 10.1. The van der Waals surface area contributed by atoms with Crippen LogP contribution >= 0.6 is 46.4 Å². The zero-order valence-electron chi connectivity index (χ0n) is 16.1. The number of para-hydroxylation sites is 2. The molecule has 0 aliphatic rings. The van der Waals surface area contributed by atoms with E-state index in [1.807, 2.05) is 24.3 Å². The van der Waals surface area contributed by atoms with Crippen LogP contribution in [-0.4, -0.2) is 21.1 Å². The fourth-order valence-electron chi connectivity index (χ4n) is 3.01. The minimum atomic E-state index is -0.421. The molecule has 0 fully saturated rings. The first kappa shape index (κ1) is 21.5. The van der Waals surface area contributed by atoms with Gasteiger partial charge in [-0.3, -0.25) is 10.1 Å². The van der Waals surface area contributed by atoms with Crippen molar-refractivity contribution in [3.63, 3.8) is 0 Å². The van der Waals surface area contributed by atoms with Gasteiger partial charge in [-0.2, -0.15) is 0 Å². The predicted molar refractivity (Wildman–Crippen MR) is 134 cm³/mol. The number of aromatic hydroxyl groups is 1. The van der Waals surface area contributed by atoms with Gasteiger partial charge in [0.1, 0.15) is 11.3 Å². The lowest BCUT2D eigenvalue weighted by Gasteiger charge is -2.13. The molecule has 0 atom stereocenters. The molecule has 0 radical (unpaired) electrons. The number of benzene rings is 3. The SMILES string of the molecule is Cc1cc(NC(=S)NC(=O)c2cc(I)ccc2Cl)cc(-c2nc3ccccc3o2)c1O. The number of phenolic OH excluding ortho intramolecular Hbond substituents is 1. The monoisotopic (exact) mass is 563 g/mol. The summed E-state index contributed by atoms with van der Waals surface area (Å²) in [4.78, 5) is 17.0. The molecule has 0 aliphatic carbocycles. The van der Waals surface area contributed by atoms with Crippen LogP contribution in [0, 0.1) is 10.5 Å². The van der Waals surface area contributed by atoms with Gasteiger partial charge in [-0.05, 0) is 89.8 Å². The quantitative estimate of drug-likeness (QED) is 0.164. The number of anilines is 1. The van der Waals surface area contributed by atoms with Gasteiger partial charge in [0, 0.05) is 9.26 Å². The van der Waals surface area contributed by atoms with Crippen molar-refractivity contribution in [1.29, 1.82) is 0 Å². The molecule has 4 aromatic rings. The van der Waals surface area contributed by atoms with Gasteiger partial charge >= 0.3 is 0 Å². The number of hydrogen-bond donors (Lipinski definition) is 3. The van der Waals surface area contributed by atoms with Crippen molar-refractivity contribution in [2.75, 3.05) is 5.32 Å². The summed E-state index contributed by atoms with van der Waals surface area (Å²) in [5.41, 5.74) is 3.19. The Hall–Kier alpha value is -2.69. The molecular formula is C22H15ClIN3O3S. The van der Waals surface area contributed by atoms with Crippen molar-refractivity contribution < 1.29 is 14.3 Å². The number of fused-ring (bicyclic) bond motifs is 1. The number of carbonyl (C=O) groups is 1. The molecule has 0 saturated carbocycles. The minimum absolute atomic E-state index is 0.0534. The van der Waals surface area contributed by atoms with Crippen LogP contribution in [0.15, 0.2) is 59.0 Å². The molecule has 1 heterocycles. The second-order valence-electron chi connectivity index (χ2n) is 6.71. The first-order valence-electron chi connectivity index (χ1n) is 9.09. The minimum Gasteiger partial charge on any atom is -0.507 e. The van der Waals surface area contributed by atoms with E-state index in [1.165, 1.54) is 0 Å². The summed E-state index contributed by atoms with van der Waals surface area (Å²) in [6, 6.07) is 15.8. The van der Waals surface area contributed by atoms with Crippen LogP contribution in [0.2, 0.25) is 5.02 Å². The van der Waals surface area contributed by atoms with Crippen LogP contribution < -0.4 is 10.6 Å². The number of carbonyl (C=O) groups excluding carboxylic acids is 1. The first-order valence-corrected chi connectivity index (χ1v) is 11.0. The Balaban J connectivity index is 1.58. The second-order valence-corrected chi connectivity index (χ2v) is 8.77. The molecule has 0 bridgehead atoms. The van der Waals surface area contributed by atoms with E-state index in [1.54, 1.807) is 37.3 Å². The van der Waals surface area contributed by atoms with Gasteiger partial charge in [-0.25, -0.2) is 4.98 Å². The number of halogens is 2. The highest BCUT2D eigenvalue weighted by Crippen LogP contribution is 2.36. The molecule has 9 heteroatoms. The molecule has 6 nitrogen and oxygen atoms in total. The lowest BCUT2D eigenvalue weighted by molar-refractivity contribution is 0.0978. The highest BCUT2D eigenvalue weighted by molar-refractivity contribution is 14.1. The zero-order valence-corrected chi connectivity index (χ0v) is 19.8. The Morgan fingerprint density at radius 2 is 1.97 bits per heavy atom. The van der Waals surface area contributed by atoms with Gasteiger partial charge < -0.3 is 14.8 Å². The molecule has 4 rings (SSSR count). The van der Waals surface area contributed by atoms with E-state index in [-0.39, 0.29) is 16.8 Å². The number of oxazole rings is 1. The molecule has 3 N–H and O–H groups in total. The van der Waals surface area contributed by atoms with E-state index in [4.69, 9.17) is 28.2 Å². The van der Waals surface area contributed by atoms with E-state index >= 15 is 0 Å². The highest BCUT2D eigenvalue weighted by atomic mass is 127. The maximum absolute atomic E-state index is 12.5. The van der Waals surface area contributed by atoms with Crippen LogP contribution in [0.5, 0.6) is 5.75 Å². The third kappa shape index (κ3) is 4.65. The number of thiocarbonyl (C=S) groups is 1. The maximum Gasteiger partial charge on any atom is 0.258 e. The Kier molecular flexibility index (Phi) is 6.12. The number of hydrogen-bond acceptors (Lipinski definition) is 5. The van der Waals surface area contributed by atoms with Gasteiger partial charge in [0.05, 0.1) is 16.1 Å². The van der Waals surface area contributed by atoms with E-state index in [2.05, 4.69) is 38.2 Å². The molecule has 0 saturated heterocycles. The molecule has 156 valence electrons. The molecule has 0 spiro atoms. The molecule has 1 aromatic heterocycles. The number of aromatic nitrogens is 1. The van der Waals surface area contributed by atoms with Gasteiger partial charge in [0.2, 0.25) is 5.89 Å². The number of nitrogens with zero attached hydrogens (tertiary/aromatic N) is 1. The van der Waals surface area contributed by atoms with Crippen molar-refractivity contribution in [1.82, 2.24) is 10.3 Å². The summed E-state index contributed by atoms with van der Waals surface area (Å²) in [7, 11) is 0. The standard InChI is InChI=1S/C22H15ClIN3O3S/c1-11-8-13(25-22(31)27-20(29)14-9-12(24)6-7-16(14)23)10-15(19(11)28)21-26-17-4-2-3-5-18(17)30-21/h2-10,28H,1H3,(H2,25,27,29,31). The molecule has 1 amide bonds. The van der Waals surface area contributed by atoms with Gasteiger partial charge in [-0.15, -0.1) is 0 Å². The largest absolute Gasteiger partial charge is 0.507 e. The Morgan fingerprint density at radius 3 is 2.74 bits per heavy atom. The molecule has 3 aromatic carbocycles. The third-order valence-corrected chi connectivity index (χ3v) is 5.69. The van der Waals surface area contributed by atoms with Gasteiger partial charge in [-0.1, -0.05) is 23.7 Å². The normalized spacial score (nSPS) is 10.8. The van der Waals surface area contributed by atoms with Crippen molar-refractivity contribution in [2.24, 2.45) is 0 Å². The molecule has 0 aliphatic heterocycles. The predicted octanol–water partition coefficient (Wildman–Crippen LogP) is 5.89. The first-order chi connectivity index (χ1) is 14.8. The number of phenols is 1. The summed E-state index contributed by atoms with van der Waals surface area (Å²) >= 11 is 13.5. The van der Waals surface area contributed by atoms with E-state index < -0.39 is 5.91 Å². The summed E-state index contributed by atoms with van der Waals surface area (Å²) in [6.45, 7) is 1.75. The zero-order chi connectivity index (χ0) is 22.1. The van der Waals surface area contributed by atoms with Crippen LogP contribution in [-0.2, 0) is 0 Å². The Labute approximate surface area is 201 Å². The average molecular weight is 564 g/mol. The van der Waals surface area contributed by atoms with Crippen molar-refractivity contribution in [2.45, 2.75) is 6.92 Å². The summed E-state index contributed by atoms with van der Waals surface area (Å²) in [6.07, 6.45) is 0. The van der Waals surface area contributed by atoms with Gasteiger partial charge in [0.15, 0.2) is 10.7 Å². The second kappa shape index (κ2) is 8.81. The van der Waals surface area contributed by atoms with E-state index in [0.29, 0.717) is 38.5 Å². The van der Waals surface area contributed by atoms with E-state index in [0.717, 1.165) is 3.57 Å². The highest BCUT2D eigenvalue weighted by Gasteiger charge is 2.17. The Morgan fingerprint density at radius 1 is 1.19 bits per heavy atom. The number of amides is 1. The van der Waals surface area contributed by atoms with Crippen molar-refractivity contribution in [3.8, 4) is 17.2 Å². The van der Waals surface area contributed by atoms with Crippen LogP contribution in [0.25, 0.3) is 22.6 Å². The van der Waals surface area contributed by atoms with Gasteiger partial charge in [0.25, 0.3) is 5.91 Å².